The summed E-state index contributed by atoms with van der Waals surface area (Å²) in [5.74, 6) is -0.765. The molecule has 1 aromatic heterocycles. The zero-order valence-corrected chi connectivity index (χ0v) is 13.2. The fourth-order valence-corrected chi connectivity index (χ4v) is 2.56. The number of aromatic carboxylic acids is 1. The Labute approximate surface area is 132 Å². The van der Waals surface area contributed by atoms with Crippen molar-refractivity contribution in [2.45, 2.75) is 20.3 Å². The van der Waals surface area contributed by atoms with Gasteiger partial charge in [0.25, 0.3) is 5.91 Å². The number of ether oxygens (including phenoxy) is 1. The van der Waals surface area contributed by atoms with Crippen LogP contribution in [0, 0.1) is 6.92 Å². The Morgan fingerprint density at radius 3 is 2.59 bits per heavy atom. The average Bonchev–Trinajstić information content (AvgIpc) is 2.97. The van der Waals surface area contributed by atoms with Crippen molar-refractivity contribution in [2.75, 3.05) is 11.9 Å². The van der Waals surface area contributed by atoms with E-state index in [1.165, 1.54) is 12.1 Å². The molecule has 0 aliphatic rings. The largest absolute Gasteiger partial charge is 0.491 e. The van der Waals surface area contributed by atoms with E-state index in [4.69, 9.17) is 9.84 Å². The van der Waals surface area contributed by atoms with E-state index in [-0.39, 0.29) is 10.8 Å². The summed E-state index contributed by atoms with van der Waals surface area (Å²) in [4.78, 5) is 23.6. The average molecular weight is 319 g/mol. The van der Waals surface area contributed by atoms with Gasteiger partial charge in [0, 0.05) is 0 Å². The predicted molar refractivity (Wildman–Crippen MR) is 86.2 cm³/mol. The second-order valence-electron chi connectivity index (χ2n) is 4.77. The van der Waals surface area contributed by atoms with Crippen molar-refractivity contribution in [3.8, 4) is 5.75 Å². The number of nitrogens with one attached hydrogen (secondary N) is 1. The highest BCUT2D eigenvalue weighted by atomic mass is 32.1. The van der Waals surface area contributed by atoms with Crippen LogP contribution in [0.5, 0.6) is 5.75 Å². The van der Waals surface area contributed by atoms with Crippen LogP contribution in [-0.4, -0.2) is 23.6 Å². The Morgan fingerprint density at radius 2 is 1.95 bits per heavy atom. The molecule has 116 valence electrons. The Bertz CT molecular complexity index is 693. The zero-order chi connectivity index (χ0) is 16.1. The summed E-state index contributed by atoms with van der Waals surface area (Å²) in [5, 5.41) is 11.7. The van der Waals surface area contributed by atoms with Gasteiger partial charge in [-0.1, -0.05) is 13.0 Å². The van der Waals surface area contributed by atoms with E-state index in [1.54, 1.807) is 6.07 Å². The molecule has 2 N–H and O–H groups in total. The van der Waals surface area contributed by atoms with E-state index >= 15 is 0 Å². The molecule has 0 unspecified atom stereocenters. The number of carbonyl (C=O) groups excluding carboxylic acids is 1. The number of carbonyl (C=O) groups is 2. The first-order valence-corrected chi connectivity index (χ1v) is 7.71. The number of aryl methyl sites for hydroxylation is 1. The van der Waals surface area contributed by atoms with Gasteiger partial charge in [0.2, 0.25) is 0 Å². The van der Waals surface area contributed by atoms with Gasteiger partial charge in [0.15, 0.2) is 0 Å². The first-order chi connectivity index (χ1) is 10.5. The molecule has 1 heterocycles. The van der Waals surface area contributed by atoms with Crippen LogP contribution in [0.2, 0.25) is 0 Å². The number of anilines is 1. The van der Waals surface area contributed by atoms with Gasteiger partial charge in [-0.3, -0.25) is 4.79 Å². The number of thiophene rings is 1. The lowest BCUT2D eigenvalue weighted by molar-refractivity contribution is 0.0702. The van der Waals surface area contributed by atoms with E-state index in [2.05, 4.69) is 5.32 Å². The van der Waals surface area contributed by atoms with Crippen LogP contribution in [-0.2, 0) is 0 Å². The molecule has 6 heteroatoms. The minimum absolute atomic E-state index is 0.136. The third-order valence-corrected chi connectivity index (χ3v) is 3.96. The van der Waals surface area contributed by atoms with Crippen molar-refractivity contribution in [1.82, 2.24) is 0 Å². The van der Waals surface area contributed by atoms with Crippen molar-refractivity contribution < 1.29 is 19.4 Å². The van der Waals surface area contributed by atoms with Crippen LogP contribution < -0.4 is 10.1 Å². The van der Waals surface area contributed by atoms with E-state index in [0.29, 0.717) is 22.9 Å². The molecular formula is C16H17NO4S. The van der Waals surface area contributed by atoms with Gasteiger partial charge in [-0.15, -0.1) is 11.3 Å². The summed E-state index contributed by atoms with van der Waals surface area (Å²) in [6, 6.07) is 8.45. The number of carboxylic acid groups (broad SMARTS) is 1. The fraction of sp³-hybridized carbons (Fsp3) is 0.250. The van der Waals surface area contributed by atoms with E-state index in [9.17, 15) is 9.59 Å². The third kappa shape index (κ3) is 3.85. The molecule has 1 amide bonds. The number of benzene rings is 1. The Hall–Kier alpha value is -2.34. The van der Waals surface area contributed by atoms with Gasteiger partial charge in [0.1, 0.15) is 10.6 Å². The molecular weight excluding hydrogens is 302 g/mol. The highest BCUT2D eigenvalue weighted by Crippen LogP contribution is 2.27. The molecule has 22 heavy (non-hydrogen) atoms. The lowest BCUT2D eigenvalue weighted by Crippen LogP contribution is -2.11. The lowest BCUT2D eigenvalue weighted by Gasteiger charge is -2.12. The van der Waals surface area contributed by atoms with Crippen LogP contribution in [0.4, 0.5) is 5.69 Å². The maximum atomic E-state index is 12.2. The smallest absolute Gasteiger partial charge is 0.345 e. The van der Waals surface area contributed by atoms with E-state index < -0.39 is 5.97 Å². The highest BCUT2D eigenvalue weighted by molar-refractivity contribution is 7.15. The summed E-state index contributed by atoms with van der Waals surface area (Å²) < 4.78 is 5.64. The fourth-order valence-electron chi connectivity index (χ4n) is 1.82. The topological polar surface area (TPSA) is 75.6 Å². The number of carboxylic acids is 1. The predicted octanol–water partition coefficient (Wildman–Crippen LogP) is 3.80. The summed E-state index contributed by atoms with van der Waals surface area (Å²) in [6.45, 7) is 4.52. The lowest BCUT2D eigenvalue weighted by atomic mass is 10.2. The molecule has 0 aliphatic heterocycles. The summed E-state index contributed by atoms with van der Waals surface area (Å²) in [5.41, 5.74) is 1.61. The van der Waals surface area contributed by atoms with Crippen molar-refractivity contribution in [3.05, 3.63) is 45.6 Å². The van der Waals surface area contributed by atoms with Crippen molar-refractivity contribution >= 4 is 28.9 Å². The molecule has 5 nitrogen and oxygen atoms in total. The SMILES string of the molecule is CCCOc1cc(C)ccc1NC(=O)c1ccc(C(=O)O)s1. The minimum Gasteiger partial charge on any atom is -0.491 e. The van der Waals surface area contributed by atoms with Crippen LogP contribution in [0.15, 0.2) is 30.3 Å². The maximum absolute atomic E-state index is 12.2. The van der Waals surface area contributed by atoms with Gasteiger partial charge in [-0.25, -0.2) is 4.79 Å². The molecule has 2 rings (SSSR count). The Balaban J connectivity index is 2.18. The normalized spacial score (nSPS) is 10.3. The Kier molecular flexibility index (Phi) is 5.16. The zero-order valence-electron chi connectivity index (χ0n) is 12.4. The molecule has 0 bridgehead atoms. The number of hydrogen-bond donors (Lipinski definition) is 2. The van der Waals surface area contributed by atoms with Crippen LogP contribution >= 0.6 is 11.3 Å². The summed E-state index contributed by atoms with van der Waals surface area (Å²) >= 11 is 0.943. The second-order valence-corrected chi connectivity index (χ2v) is 5.86. The van der Waals surface area contributed by atoms with Gasteiger partial charge in [-0.2, -0.15) is 0 Å². The van der Waals surface area contributed by atoms with Gasteiger partial charge in [0.05, 0.1) is 17.2 Å². The van der Waals surface area contributed by atoms with Gasteiger partial charge >= 0.3 is 5.97 Å². The quantitative estimate of drug-likeness (QED) is 0.849. The standard InChI is InChI=1S/C16H17NO4S/c1-3-8-21-12-9-10(2)4-5-11(12)17-15(18)13-6-7-14(22-13)16(19)20/h4-7,9H,3,8H2,1-2H3,(H,17,18)(H,19,20). The van der Waals surface area contributed by atoms with Crippen LogP contribution in [0.25, 0.3) is 0 Å². The van der Waals surface area contributed by atoms with Crippen LogP contribution in [0.3, 0.4) is 0 Å². The number of rotatable bonds is 6. The first-order valence-electron chi connectivity index (χ1n) is 6.89. The first kappa shape index (κ1) is 16.0. The second kappa shape index (κ2) is 7.09. The molecule has 0 saturated carbocycles. The molecule has 0 atom stereocenters. The molecule has 2 aromatic rings. The van der Waals surface area contributed by atoms with Gasteiger partial charge in [-0.05, 0) is 43.2 Å². The third-order valence-electron chi connectivity index (χ3n) is 2.89. The maximum Gasteiger partial charge on any atom is 0.345 e. The monoisotopic (exact) mass is 319 g/mol. The summed E-state index contributed by atoms with van der Waals surface area (Å²) in [6.07, 6.45) is 0.869. The molecule has 0 radical (unpaired) electrons. The van der Waals surface area contributed by atoms with E-state index in [0.717, 1.165) is 23.3 Å². The molecule has 0 spiro atoms. The number of hydrogen-bond acceptors (Lipinski definition) is 4. The van der Waals surface area contributed by atoms with E-state index in [1.807, 2.05) is 26.0 Å². The molecule has 0 fully saturated rings. The van der Waals surface area contributed by atoms with Crippen molar-refractivity contribution in [1.29, 1.82) is 0 Å². The minimum atomic E-state index is -1.04. The highest BCUT2D eigenvalue weighted by Gasteiger charge is 2.15. The Morgan fingerprint density at radius 1 is 1.23 bits per heavy atom. The summed E-state index contributed by atoms with van der Waals surface area (Å²) in [7, 11) is 0. The molecule has 1 aromatic carbocycles. The molecule has 0 aliphatic carbocycles. The number of amides is 1. The van der Waals surface area contributed by atoms with Crippen LogP contribution in [0.1, 0.15) is 38.3 Å². The van der Waals surface area contributed by atoms with Gasteiger partial charge < -0.3 is 15.2 Å². The molecule has 0 saturated heterocycles. The van der Waals surface area contributed by atoms with Crippen molar-refractivity contribution in [3.63, 3.8) is 0 Å². The van der Waals surface area contributed by atoms with Crippen molar-refractivity contribution in [2.24, 2.45) is 0 Å².